The van der Waals surface area contributed by atoms with Crippen molar-refractivity contribution in [1.29, 1.82) is 0 Å². The van der Waals surface area contributed by atoms with Crippen LogP contribution in [0.1, 0.15) is 24.7 Å². The zero-order valence-electron chi connectivity index (χ0n) is 14.8. The third-order valence-corrected chi connectivity index (χ3v) is 4.72. The fourth-order valence-corrected chi connectivity index (χ4v) is 3.23. The minimum Gasteiger partial charge on any atom is -0.373 e. The van der Waals surface area contributed by atoms with Crippen molar-refractivity contribution in [1.82, 2.24) is 10.2 Å². The van der Waals surface area contributed by atoms with Crippen molar-refractivity contribution < 1.29 is 4.79 Å². The Kier molecular flexibility index (Phi) is 4.46. The highest BCUT2D eigenvalue weighted by Crippen LogP contribution is 2.33. The van der Waals surface area contributed by atoms with Gasteiger partial charge in [-0.15, -0.1) is 0 Å². The average Bonchev–Trinajstić information content (AvgIpc) is 2.83. The van der Waals surface area contributed by atoms with Gasteiger partial charge in [-0.05, 0) is 39.3 Å². The van der Waals surface area contributed by atoms with Crippen LogP contribution in [0.3, 0.4) is 0 Å². The number of amides is 1. The number of hydrogen-bond donors (Lipinski definition) is 2. The second kappa shape index (κ2) is 6.55. The molecule has 2 aromatic rings. The molecule has 0 spiro atoms. The number of hydrogen-bond acceptors (Lipinski definition) is 4. The topological polar surface area (TPSA) is 64.3 Å². The van der Waals surface area contributed by atoms with Gasteiger partial charge < -0.3 is 15.1 Å². The summed E-state index contributed by atoms with van der Waals surface area (Å²) in [5.74, 6) is -0.0196. The third-order valence-electron chi connectivity index (χ3n) is 4.72. The van der Waals surface area contributed by atoms with Crippen LogP contribution in [0.2, 0.25) is 0 Å². The summed E-state index contributed by atoms with van der Waals surface area (Å²) in [6, 6.07) is 8.58. The van der Waals surface area contributed by atoms with Crippen LogP contribution < -0.4 is 15.1 Å². The molecule has 1 atom stereocenters. The molecule has 0 unspecified atom stereocenters. The first-order chi connectivity index (χ1) is 11.5. The summed E-state index contributed by atoms with van der Waals surface area (Å²) in [6.07, 6.45) is 1.02. The van der Waals surface area contributed by atoms with Crippen LogP contribution in [-0.4, -0.2) is 42.3 Å². The number of H-pyrrole nitrogens is 1. The smallest absolute Gasteiger partial charge is 0.244 e. The molecule has 2 N–H and O–H groups in total. The van der Waals surface area contributed by atoms with Crippen molar-refractivity contribution in [3.05, 3.63) is 35.7 Å². The monoisotopic (exact) mass is 327 g/mol. The molecule has 1 aromatic heterocycles. The maximum absolute atomic E-state index is 12.6. The summed E-state index contributed by atoms with van der Waals surface area (Å²) in [6.45, 7) is 7.29. The Morgan fingerprint density at radius 2 is 2.04 bits per heavy atom. The Balaban J connectivity index is 1.82. The largest absolute Gasteiger partial charge is 0.373 e. The SMILES string of the molecule is Cc1n[nH]c(C)c1NC(=O)CN1c2ccccc2N(C)CC[C@@H]1C. The van der Waals surface area contributed by atoms with E-state index >= 15 is 0 Å². The number of carbonyl (C=O) groups is 1. The van der Waals surface area contributed by atoms with E-state index in [2.05, 4.69) is 51.4 Å². The Hall–Kier alpha value is -2.50. The van der Waals surface area contributed by atoms with Crippen LogP contribution in [0.25, 0.3) is 0 Å². The Labute approximate surface area is 142 Å². The summed E-state index contributed by atoms with van der Waals surface area (Å²) >= 11 is 0. The van der Waals surface area contributed by atoms with E-state index in [1.165, 1.54) is 5.69 Å². The van der Waals surface area contributed by atoms with E-state index < -0.39 is 0 Å². The van der Waals surface area contributed by atoms with Gasteiger partial charge in [0.15, 0.2) is 0 Å². The highest BCUT2D eigenvalue weighted by atomic mass is 16.2. The number of para-hydroxylation sites is 2. The van der Waals surface area contributed by atoms with E-state index in [-0.39, 0.29) is 5.91 Å². The number of benzene rings is 1. The molecule has 2 heterocycles. The molecule has 3 rings (SSSR count). The van der Waals surface area contributed by atoms with Crippen molar-refractivity contribution in [2.24, 2.45) is 0 Å². The van der Waals surface area contributed by atoms with Crippen LogP contribution in [0.15, 0.2) is 24.3 Å². The van der Waals surface area contributed by atoms with Crippen molar-refractivity contribution >= 4 is 23.0 Å². The number of aryl methyl sites for hydroxylation is 2. The normalized spacial score (nSPS) is 17.4. The van der Waals surface area contributed by atoms with E-state index in [1.54, 1.807) is 0 Å². The molecule has 1 aliphatic heterocycles. The highest BCUT2D eigenvalue weighted by molar-refractivity contribution is 5.95. The lowest BCUT2D eigenvalue weighted by molar-refractivity contribution is -0.115. The van der Waals surface area contributed by atoms with E-state index in [1.807, 2.05) is 26.0 Å². The van der Waals surface area contributed by atoms with Gasteiger partial charge in [-0.25, -0.2) is 0 Å². The molecule has 1 amide bonds. The van der Waals surface area contributed by atoms with Crippen LogP contribution in [0.4, 0.5) is 17.1 Å². The van der Waals surface area contributed by atoms with E-state index in [4.69, 9.17) is 0 Å². The van der Waals surface area contributed by atoms with Gasteiger partial charge in [0.05, 0.1) is 35.0 Å². The minimum atomic E-state index is -0.0196. The van der Waals surface area contributed by atoms with Gasteiger partial charge in [-0.1, -0.05) is 12.1 Å². The van der Waals surface area contributed by atoms with Crippen molar-refractivity contribution in [3.8, 4) is 0 Å². The molecule has 0 saturated carbocycles. The van der Waals surface area contributed by atoms with Crippen molar-refractivity contribution in [3.63, 3.8) is 0 Å². The molecule has 6 heteroatoms. The molecule has 128 valence electrons. The average molecular weight is 327 g/mol. The van der Waals surface area contributed by atoms with Gasteiger partial charge in [0.25, 0.3) is 0 Å². The zero-order chi connectivity index (χ0) is 17.3. The van der Waals surface area contributed by atoms with Gasteiger partial charge >= 0.3 is 0 Å². The summed E-state index contributed by atoms with van der Waals surface area (Å²) in [4.78, 5) is 17.1. The van der Waals surface area contributed by atoms with E-state index in [9.17, 15) is 4.79 Å². The lowest BCUT2D eigenvalue weighted by atomic mass is 10.2. The fraction of sp³-hybridized carbons (Fsp3) is 0.444. The summed E-state index contributed by atoms with van der Waals surface area (Å²) < 4.78 is 0. The number of anilines is 3. The molecule has 1 aliphatic rings. The molecular formula is C18H25N5O. The van der Waals surface area contributed by atoms with Crippen LogP contribution in [0.5, 0.6) is 0 Å². The molecule has 0 fully saturated rings. The van der Waals surface area contributed by atoms with E-state index in [0.29, 0.717) is 12.6 Å². The Bertz CT molecular complexity index is 719. The zero-order valence-corrected chi connectivity index (χ0v) is 14.8. The predicted octanol–water partition coefficient (Wildman–Crippen LogP) is 2.70. The molecule has 24 heavy (non-hydrogen) atoms. The van der Waals surface area contributed by atoms with Crippen molar-refractivity contribution in [2.45, 2.75) is 33.2 Å². The maximum Gasteiger partial charge on any atom is 0.244 e. The number of rotatable bonds is 3. The van der Waals surface area contributed by atoms with Crippen LogP contribution in [0, 0.1) is 13.8 Å². The van der Waals surface area contributed by atoms with Crippen molar-refractivity contribution in [2.75, 3.05) is 35.3 Å². The minimum absolute atomic E-state index is 0.0196. The third kappa shape index (κ3) is 3.09. The van der Waals surface area contributed by atoms with Crippen LogP contribution >= 0.6 is 0 Å². The number of carbonyl (C=O) groups excluding carboxylic acids is 1. The highest BCUT2D eigenvalue weighted by Gasteiger charge is 2.25. The quantitative estimate of drug-likeness (QED) is 0.910. The maximum atomic E-state index is 12.6. The second-order valence-corrected chi connectivity index (χ2v) is 6.53. The number of aromatic nitrogens is 2. The lowest BCUT2D eigenvalue weighted by Gasteiger charge is -2.30. The number of nitrogens with one attached hydrogen (secondary N) is 2. The number of nitrogens with zero attached hydrogens (tertiary/aromatic N) is 3. The lowest BCUT2D eigenvalue weighted by Crippen LogP contribution is -2.39. The molecule has 0 bridgehead atoms. The molecule has 0 aliphatic carbocycles. The second-order valence-electron chi connectivity index (χ2n) is 6.53. The molecule has 1 aromatic carbocycles. The Morgan fingerprint density at radius 3 is 2.71 bits per heavy atom. The number of fused-ring (bicyclic) bond motifs is 1. The molecular weight excluding hydrogens is 302 g/mol. The van der Waals surface area contributed by atoms with E-state index in [0.717, 1.165) is 35.7 Å². The molecule has 0 saturated heterocycles. The number of aromatic amines is 1. The van der Waals surface area contributed by atoms with Gasteiger partial charge in [0.1, 0.15) is 0 Å². The van der Waals surface area contributed by atoms with Crippen LogP contribution in [-0.2, 0) is 4.79 Å². The molecule has 0 radical (unpaired) electrons. The first kappa shape index (κ1) is 16.4. The first-order valence-electron chi connectivity index (χ1n) is 8.35. The first-order valence-corrected chi connectivity index (χ1v) is 8.35. The van der Waals surface area contributed by atoms with Gasteiger partial charge in [0.2, 0.25) is 5.91 Å². The fourth-order valence-electron chi connectivity index (χ4n) is 3.23. The predicted molar refractivity (Wildman–Crippen MR) is 97.8 cm³/mol. The standard InChI is InChI=1S/C18H25N5O/c1-12-9-10-22(4)15-7-5-6-8-16(15)23(12)11-17(24)19-18-13(2)20-21-14(18)3/h5-8,12H,9-11H2,1-4H3,(H,19,24)(H,20,21)/t12-/m0/s1. The van der Waals surface area contributed by atoms with Gasteiger partial charge in [-0.2, -0.15) is 5.10 Å². The van der Waals surface area contributed by atoms with Gasteiger partial charge in [-0.3, -0.25) is 9.89 Å². The Morgan fingerprint density at radius 1 is 1.33 bits per heavy atom. The summed E-state index contributed by atoms with van der Waals surface area (Å²) in [7, 11) is 2.10. The van der Waals surface area contributed by atoms with Gasteiger partial charge in [0, 0.05) is 19.6 Å². The summed E-state index contributed by atoms with van der Waals surface area (Å²) in [5, 5.41) is 10.0. The summed E-state index contributed by atoms with van der Waals surface area (Å²) in [5.41, 5.74) is 4.76. The molecule has 6 nitrogen and oxygen atoms in total.